The summed E-state index contributed by atoms with van der Waals surface area (Å²) in [6.07, 6.45) is 20.8. The van der Waals surface area contributed by atoms with Gasteiger partial charge in [-0.2, -0.15) is 27.4 Å². The molecule has 0 spiro atoms. The van der Waals surface area contributed by atoms with E-state index in [0.717, 1.165) is 38.6 Å². The number of nitrogens with two attached hydrogens (primary N) is 3. The van der Waals surface area contributed by atoms with Gasteiger partial charge in [-0.25, -0.2) is 8.42 Å². The van der Waals surface area contributed by atoms with Crippen LogP contribution < -0.4 is 17.2 Å². The van der Waals surface area contributed by atoms with Crippen LogP contribution in [0, 0.1) is 38.9 Å². The third kappa shape index (κ3) is 20.7. The highest BCUT2D eigenvalue weighted by Gasteiger charge is 2.52. The smallest absolute Gasteiger partial charge is 0.297 e. The van der Waals surface area contributed by atoms with Crippen molar-refractivity contribution in [3.8, 4) is 12.1 Å². The van der Waals surface area contributed by atoms with E-state index in [1.54, 1.807) is 54.6 Å². The van der Waals surface area contributed by atoms with E-state index in [9.17, 15) is 54.0 Å². The number of nitrogens with zero attached hydrogens (tertiary/aromatic N) is 6. The number of carbonyl (C=O) groups is 6. The molecule has 4 aliphatic carbocycles. The number of halogens is 1. The molecule has 8 aliphatic rings. The van der Waals surface area contributed by atoms with Gasteiger partial charge >= 0.3 is 0 Å². The lowest BCUT2D eigenvalue weighted by Crippen LogP contribution is -2.45. The number of amides is 6. The van der Waals surface area contributed by atoms with Gasteiger partial charge in [0.25, 0.3) is 41.1 Å². The van der Waals surface area contributed by atoms with E-state index in [4.69, 9.17) is 51.9 Å². The van der Waals surface area contributed by atoms with Gasteiger partial charge in [-0.3, -0.25) is 37.1 Å². The highest BCUT2D eigenvalue weighted by atomic mass is 35.7. The van der Waals surface area contributed by atoms with E-state index < -0.39 is 96.8 Å². The largest absolute Gasteiger partial charge is 0.387 e. The number of aliphatic hydroxyl groups is 1. The molecule has 24 nitrogen and oxygen atoms in total. The number of aliphatic hydroxyl groups excluding tert-OH is 1. The summed E-state index contributed by atoms with van der Waals surface area (Å²) < 4.78 is 78.2. The average Bonchev–Trinajstić information content (AvgIpc) is 1.64. The molecule has 11 rings (SSSR count). The second-order valence-electron chi connectivity index (χ2n) is 25.3. The Labute approximate surface area is 539 Å². The average molecular weight is 1340 g/mol. The third-order valence-corrected chi connectivity index (χ3v) is 22.5. The second kappa shape index (κ2) is 32.3. The lowest BCUT2D eigenvalue weighted by molar-refractivity contribution is -0.139. The Morgan fingerprint density at radius 2 is 0.901 bits per heavy atom. The normalized spacial score (nSPS) is 26.8. The SMILES string of the molecule is CC12CCC(CCC(=O)N3CCCC3C#N)(CC1)C2.CC12CCC(N)(CC1)C2.N#CC1CCCN1C(=O)COS(=O)(=O)c1ccccc1.NC(=O)C1CCCN1C(=O)CO.NC(=O)C1CCCN1C(=O)COS(=O)(=O)c1ccccc1.O=S(=O)(Cl)c1ccccc1. The van der Waals surface area contributed by atoms with Crippen LogP contribution in [0.3, 0.4) is 0 Å². The van der Waals surface area contributed by atoms with Gasteiger partial charge in [-0.1, -0.05) is 68.4 Å². The minimum absolute atomic E-state index is 0.00561. The van der Waals surface area contributed by atoms with Gasteiger partial charge in [0, 0.05) is 48.8 Å². The molecular formula is C63H86ClN9O15S3. The van der Waals surface area contributed by atoms with Crippen molar-refractivity contribution in [3.63, 3.8) is 0 Å². The molecule has 8 fully saturated rings. The second-order valence-corrected chi connectivity index (χ2v) is 31.1. The molecule has 4 bridgehead atoms. The number of primary amides is 2. The maximum Gasteiger partial charge on any atom is 0.297 e. The monoisotopic (exact) mass is 1340 g/mol. The van der Waals surface area contributed by atoms with Gasteiger partial charge in [0.05, 0.1) is 26.8 Å². The maximum atomic E-state index is 12.3. The Kier molecular flexibility index (Phi) is 26.1. The number of nitriles is 2. The number of carbonyl (C=O) groups excluding carboxylic acids is 6. The molecular weight excluding hydrogens is 1250 g/mol. The summed E-state index contributed by atoms with van der Waals surface area (Å²) in [5.41, 5.74) is 18.3. The van der Waals surface area contributed by atoms with Crippen molar-refractivity contribution in [2.75, 3.05) is 46.0 Å². The minimum atomic E-state index is -3.99. The van der Waals surface area contributed by atoms with E-state index in [-0.39, 0.29) is 32.2 Å². The van der Waals surface area contributed by atoms with Crippen LogP contribution in [0.25, 0.3) is 0 Å². The summed E-state index contributed by atoms with van der Waals surface area (Å²) in [5.74, 6) is -2.32. The summed E-state index contributed by atoms with van der Waals surface area (Å²) in [6, 6.07) is 25.5. The molecule has 7 N–H and O–H groups in total. The van der Waals surface area contributed by atoms with Gasteiger partial charge in [-0.15, -0.1) is 0 Å². The lowest BCUT2D eigenvalue weighted by Gasteiger charge is -2.28. The lowest BCUT2D eigenvalue weighted by atomic mass is 9.79. The van der Waals surface area contributed by atoms with Crippen LogP contribution in [0.4, 0.5) is 0 Å². The summed E-state index contributed by atoms with van der Waals surface area (Å²) >= 11 is 0. The summed E-state index contributed by atoms with van der Waals surface area (Å²) in [7, 11) is -6.43. The van der Waals surface area contributed by atoms with Crippen LogP contribution in [-0.4, -0.2) is 161 Å². The topological polar surface area (TPSA) is 382 Å². The van der Waals surface area contributed by atoms with Gasteiger partial charge in [0.1, 0.15) is 44.0 Å². The molecule has 4 atom stereocenters. The van der Waals surface area contributed by atoms with Crippen molar-refractivity contribution >= 4 is 75.4 Å². The zero-order valence-corrected chi connectivity index (χ0v) is 54.9. The van der Waals surface area contributed by atoms with Gasteiger partial charge in [-0.05, 0) is 175 Å². The molecule has 3 aromatic rings. The molecule has 28 heteroatoms. The molecule has 4 heterocycles. The quantitative estimate of drug-likeness (QED) is 0.104. The number of hydrogen-bond acceptors (Lipinski definition) is 18. The van der Waals surface area contributed by atoms with E-state index in [2.05, 4.69) is 19.9 Å². The molecule has 4 saturated heterocycles. The molecule has 0 aromatic heterocycles. The Balaban J connectivity index is 0.000000178. The van der Waals surface area contributed by atoms with Crippen LogP contribution in [-0.2, 0) is 66.4 Å². The van der Waals surface area contributed by atoms with Crippen LogP contribution in [0.5, 0.6) is 0 Å². The van der Waals surface area contributed by atoms with Crippen LogP contribution in [0.15, 0.2) is 106 Å². The third-order valence-electron chi connectivity index (χ3n) is 18.6. The zero-order valence-electron chi connectivity index (χ0n) is 51.7. The van der Waals surface area contributed by atoms with Gasteiger partial charge in [0.15, 0.2) is 0 Å². The molecule has 4 saturated carbocycles. The van der Waals surface area contributed by atoms with Crippen LogP contribution in [0.2, 0.25) is 0 Å². The number of likely N-dealkylation sites (tertiary alicyclic amines) is 4. The summed E-state index contributed by atoms with van der Waals surface area (Å²) in [6.45, 7) is 5.19. The molecule has 3 aromatic carbocycles. The van der Waals surface area contributed by atoms with Gasteiger partial charge in [0.2, 0.25) is 23.6 Å². The predicted molar refractivity (Wildman–Crippen MR) is 335 cm³/mol. The van der Waals surface area contributed by atoms with Crippen molar-refractivity contribution in [3.05, 3.63) is 91.0 Å². The fourth-order valence-electron chi connectivity index (χ4n) is 13.6. The molecule has 6 amide bonds. The number of rotatable bonds is 15. The first kappa shape index (κ1) is 73.5. The number of benzene rings is 3. The fourth-order valence-corrected chi connectivity index (χ4v) is 16.1. The Hall–Kier alpha value is -6.56. The van der Waals surface area contributed by atoms with Crippen molar-refractivity contribution in [1.29, 1.82) is 10.5 Å². The van der Waals surface area contributed by atoms with Gasteiger partial charge < -0.3 is 41.9 Å². The van der Waals surface area contributed by atoms with Crippen LogP contribution >= 0.6 is 10.7 Å². The highest BCUT2D eigenvalue weighted by molar-refractivity contribution is 8.13. The molecule has 0 radical (unpaired) electrons. The molecule has 4 unspecified atom stereocenters. The van der Waals surface area contributed by atoms with E-state index in [1.807, 2.05) is 11.0 Å². The number of hydrogen-bond donors (Lipinski definition) is 4. The first-order valence-corrected chi connectivity index (χ1v) is 35.9. The maximum absolute atomic E-state index is 12.3. The van der Waals surface area contributed by atoms with E-state index in [1.165, 1.54) is 115 Å². The fraction of sp³-hybridized carbons (Fsp3) is 0.587. The number of fused-ring (bicyclic) bond motifs is 4. The molecule has 91 heavy (non-hydrogen) atoms. The van der Waals surface area contributed by atoms with Crippen molar-refractivity contribution in [2.24, 2.45) is 33.4 Å². The van der Waals surface area contributed by atoms with E-state index >= 15 is 0 Å². The van der Waals surface area contributed by atoms with Crippen molar-refractivity contribution in [2.45, 2.75) is 187 Å². The Morgan fingerprint density at radius 3 is 1.23 bits per heavy atom. The zero-order chi connectivity index (χ0) is 66.8. The molecule has 4 aliphatic heterocycles. The minimum Gasteiger partial charge on any atom is -0.387 e. The standard InChI is InChI=1S/C16H24N2O.C13H16N2O5S.C13H14N2O4S.C8H15N.C7H12N2O3.C6H5ClO2S/c1-15-6-8-16(12-15,9-7-15)5-4-14(19)18-10-2-3-13(18)11-17;14-13(17)11-7-4-8-15(11)12(16)9-20-21(18,19)10-5-2-1-3-6-10;14-9-11-5-4-8-15(11)13(16)10-19-20(17,18)12-6-2-1-3-7-12;1-7-2-4-8(9,6-7)5-3-7;8-7(12)5-2-1-3-9(5)6(11)4-10;7-10(8,9)6-4-2-1-3-5-6/h13H,2-10,12H2,1H3;1-3,5-6,11H,4,7-9H2,(H2,14,17);1-3,6-7,11H,4-5,8,10H2;2-6,9H2,1H3;5,10H,1-4H2,(H2,8,12);1-5H. The van der Waals surface area contributed by atoms with Crippen molar-refractivity contribution in [1.82, 2.24) is 19.6 Å². The predicted octanol–water partition coefficient (Wildman–Crippen LogP) is 5.76. The van der Waals surface area contributed by atoms with E-state index in [0.29, 0.717) is 68.0 Å². The highest BCUT2D eigenvalue weighted by Crippen LogP contribution is 2.63. The Morgan fingerprint density at radius 1 is 0.538 bits per heavy atom. The van der Waals surface area contributed by atoms with Crippen LogP contribution in [0.1, 0.15) is 142 Å². The first-order valence-electron chi connectivity index (χ1n) is 30.8. The van der Waals surface area contributed by atoms with Crippen molar-refractivity contribution < 1.29 is 67.5 Å². The Bertz CT molecular complexity index is 3420. The molecule has 498 valence electrons. The summed E-state index contributed by atoms with van der Waals surface area (Å²) in [4.78, 5) is 75.0. The first-order chi connectivity index (χ1) is 42.9. The summed E-state index contributed by atoms with van der Waals surface area (Å²) in [5, 5.41) is 26.5.